The second-order valence-corrected chi connectivity index (χ2v) is 16.9. The Morgan fingerprint density at radius 2 is 1.00 bits per heavy atom. The number of allylic oxidation sites excluding steroid dienone is 2. The zero-order valence-corrected chi connectivity index (χ0v) is 21.1. The van der Waals surface area contributed by atoms with Gasteiger partial charge in [-0.15, -0.1) is 0 Å². The van der Waals surface area contributed by atoms with E-state index in [2.05, 4.69) is 137 Å². The van der Waals surface area contributed by atoms with E-state index in [1.54, 1.807) is 0 Å². The molecule has 0 saturated carbocycles. The summed E-state index contributed by atoms with van der Waals surface area (Å²) < 4.78 is 6.62. The predicted molar refractivity (Wildman–Crippen MR) is 146 cm³/mol. The van der Waals surface area contributed by atoms with Crippen LogP contribution in [0.15, 0.2) is 132 Å². The number of halogens is 1. The van der Waals surface area contributed by atoms with Crippen molar-refractivity contribution in [3.63, 3.8) is 0 Å². The summed E-state index contributed by atoms with van der Waals surface area (Å²) in [4.78, 5) is 0. The van der Waals surface area contributed by atoms with Crippen LogP contribution in [0.5, 0.6) is 0 Å². The van der Waals surface area contributed by atoms with E-state index in [-0.39, 0.29) is 0 Å². The van der Waals surface area contributed by atoms with Crippen molar-refractivity contribution in [2.45, 2.75) is 25.9 Å². The fourth-order valence-electron chi connectivity index (χ4n) is 5.08. The summed E-state index contributed by atoms with van der Waals surface area (Å²) in [5.74, 6) is 1.14. The van der Waals surface area contributed by atoms with Gasteiger partial charge in [-0.05, 0) is 0 Å². The monoisotopic (exact) mass is 514 g/mol. The first-order chi connectivity index (χ1) is 16.2. The minimum absolute atomic E-state index is 0.595. The Balaban J connectivity index is 1.79. The van der Waals surface area contributed by atoms with Crippen molar-refractivity contribution < 1.29 is 4.74 Å². The van der Waals surface area contributed by atoms with Crippen molar-refractivity contribution in [3.05, 3.63) is 138 Å². The van der Waals surface area contributed by atoms with Gasteiger partial charge < -0.3 is 0 Å². The van der Waals surface area contributed by atoms with Crippen molar-refractivity contribution in [1.82, 2.24) is 0 Å². The fraction of sp³-hybridized carbons (Fsp3) is 0.133. The predicted octanol–water partition coefficient (Wildman–Crippen LogP) is 7.44. The van der Waals surface area contributed by atoms with E-state index in [0.717, 1.165) is 25.0 Å². The molecule has 0 fully saturated rings. The van der Waals surface area contributed by atoms with E-state index >= 15 is 0 Å². The van der Waals surface area contributed by atoms with Crippen LogP contribution in [0.25, 0.3) is 0 Å². The van der Waals surface area contributed by atoms with Crippen LogP contribution in [0.1, 0.15) is 24.8 Å². The van der Waals surface area contributed by atoms with Gasteiger partial charge in [0, 0.05) is 0 Å². The second kappa shape index (κ2) is 9.29. The minimum atomic E-state index is -3.15. The van der Waals surface area contributed by atoms with Crippen LogP contribution in [0.4, 0.5) is 0 Å². The van der Waals surface area contributed by atoms with E-state index < -0.39 is 5.31 Å². The summed E-state index contributed by atoms with van der Waals surface area (Å²) in [6, 6.07) is 43.4. The molecule has 0 N–H and O–H groups in total. The van der Waals surface area contributed by atoms with Gasteiger partial charge in [-0.25, -0.2) is 0 Å². The number of hydrogen-bond donors (Lipinski definition) is 0. The zero-order chi connectivity index (χ0) is 22.6. The van der Waals surface area contributed by atoms with E-state index in [4.69, 9.17) is 4.74 Å². The first-order valence-corrected chi connectivity index (χ1v) is 15.8. The fourth-order valence-corrected chi connectivity index (χ4v) is 13.6. The molecule has 5 rings (SSSR count). The van der Waals surface area contributed by atoms with Crippen LogP contribution in [0.2, 0.25) is 0 Å². The second-order valence-electron chi connectivity index (χ2n) is 8.51. The van der Waals surface area contributed by atoms with Crippen LogP contribution in [-0.2, 0) is 11.3 Å². The molecule has 4 aromatic rings. The number of hydrogen-bond acceptors (Lipinski definition) is 1. The molecule has 4 aromatic carbocycles. The normalized spacial score (nSPS) is 15.1. The van der Waals surface area contributed by atoms with Gasteiger partial charge in [0.15, 0.2) is 0 Å². The Morgan fingerprint density at radius 3 is 1.45 bits per heavy atom. The van der Waals surface area contributed by atoms with Crippen molar-refractivity contribution in [2.24, 2.45) is 0 Å². The number of ether oxygens (including phenoxy) is 1. The van der Waals surface area contributed by atoms with Gasteiger partial charge in [-0.3, -0.25) is 0 Å². The van der Waals surface area contributed by atoms with E-state index in [1.165, 1.54) is 26.8 Å². The van der Waals surface area contributed by atoms with Crippen molar-refractivity contribution in [1.29, 1.82) is 0 Å². The Morgan fingerprint density at radius 1 is 0.576 bits per heavy atom. The summed E-state index contributed by atoms with van der Waals surface area (Å²) in [6.07, 6.45) is 3.10. The number of rotatable bonds is 7. The molecular formula is C30H28BrOP. The van der Waals surface area contributed by atoms with E-state index in [0.29, 0.717) is 6.61 Å². The summed E-state index contributed by atoms with van der Waals surface area (Å²) in [7, 11) is 0. The summed E-state index contributed by atoms with van der Waals surface area (Å²) in [5, 5.41) is 2.22. The van der Waals surface area contributed by atoms with Gasteiger partial charge >= 0.3 is 205 Å². The number of benzene rings is 4. The molecule has 0 amide bonds. The van der Waals surface area contributed by atoms with Crippen molar-refractivity contribution >= 4 is 36.7 Å². The Hall–Kier alpha value is -2.67. The molecule has 0 aliphatic heterocycles. The molecule has 0 atom stereocenters. The van der Waals surface area contributed by atoms with Gasteiger partial charge in [0.2, 0.25) is 0 Å². The molecule has 3 heteroatoms. The van der Waals surface area contributed by atoms with Gasteiger partial charge in [0.1, 0.15) is 0 Å². The first-order valence-electron chi connectivity index (χ1n) is 11.5. The summed E-state index contributed by atoms with van der Waals surface area (Å²) >= 11 is 4.60. The zero-order valence-electron chi connectivity index (χ0n) is 18.6. The van der Waals surface area contributed by atoms with Crippen LogP contribution in [0, 0.1) is 0 Å². The van der Waals surface area contributed by atoms with Crippen LogP contribution < -0.4 is 15.9 Å². The Kier molecular flexibility index (Phi) is 6.23. The molecular weight excluding hydrogens is 487 g/mol. The third kappa shape index (κ3) is 3.76. The van der Waals surface area contributed by atoms with Crippen LogP contribution in [0.3, 0.4) is 0 Å². The maximum absolute atomic E-state index is 6.62. The summed E-state index contributed by atoms with van der Waals surface area (Å²) in [5.41, 5.74) is 1.20. The molecule has 1 aliphatic carbocycles. The Bertz CT molecular complexity index is 1140. The maximum atomic E-state index is 6.62. The summed E-state index contributed by atoms with van der Waals surface area (Å²) in [6.45, 7) is 0.595. The molecule has 1 aliphatic rings. The van der Waals surface area contributed by atoms with Gasteiger partial charge in [-0.2, -0.15) is 0 Å². The van der Waals surface area contributed by atoms with Crippen LogP contribution >= 0.6 is 20.8 Å². The van der Waals surface area contributed by atoms with Crippen LogP contribution in [-0.4, -0.2) is 0 Å². The van der Waals surface area contributed by atoms with Gasteiger partial charge in [0.05, 0.1) is 0 Å². The molecule has 1 nitrogen and oxygen atoms in total. The topological polar surface area (TPSA) is 9.23 Å². The molecule has 0 saturated heterocycles. The molecule has 0 unspecified atom stereocenters. The molecule has 0 spiro atoms. The molecule has 0 aromatic heterocycles. The average Bonchev–Trinajstić information content (AvgIpc) is 3.39. The Labute approximate surface area is 204 Å². The van der Waals surface area contributed by atoms with E-state index in [1.807, 2.05) is 0 Å². The molecule has 0 radical (unpaired) electrons. The SMILES string of the molecule is BrP(C1=C(OCc2ccccc2)CCC1)(c1ccccc1)(c1ccccc1)c1ccccc1. The molecule has 33 heavy (non-hydrogen) atoms. The van der Waals surface area contributed by atoms with E-state index in [9.17, 15) is 0 Å². The third-order valence-corrected chi connectivity index (χ3v) is 16.9. The average molecular weight is 515 g/mol. The quantitative estimate of drug-likeness (QED) is 0.233. The standard InChI is InChI=1S/C30H28BrOP/c31-33(26-16-7-2-8-17-26,27-18-9-3-10-19-27,28-20-11-4-12-21-28)30-23-13-22-29(30)32-24-25-14-5-1-6-15-25/h1-12,14-21H,13,22-24H2. The molecule has 0 bridgehead atoms. The van der Waals surface area contributed by atoms with Crippen molar-refractivity contribution in [3.8, 4) is 0 Å². The first kappa shape index (κ1) is 22.1. The van der Waals surface area contributed by atoms with Gasteiger partial charge in [0.25, 0.3) is 0 Å². The molecule has 0 heterocycles. The van der Waals surface area contributed by atoms with Gasteiger partial charge in [-0.1, -0.05) is 0 Å². The van der Waals surface area contributed by atoms with Crippen molar-refractivity contribution in [2.75, 3.05) is 0 Å². The molecule has 166 valence electrons. The third-order valence-electron chi connectivity index (χ3n) is 6.63.